The van der Waals surface area contributed by atoms with Gasteiger partial charge in [-0.05, 0) is 61.7 Å². The summed E-state index contributed by atoms with van der Waals surface area (Å²) in [5, 5.41) is 3.41. The molecule has 0 saturated carbocycles. The zero-order valence-corrected chi connectivity index (χ0v) is 12.4. The lowest BCUT2D eigenvalue weighted by Gasteiger charge is -2.25. The summed E-state index contributed by atoms with van der Waals surface area (Å²) < 4.78 is 0. The van der Waals surface area contributed by atoms with E-state index >= 15 is 0 Å². The summed E-state index contributed by atoms with van der Waals surface area (Å²) in [6, 6.07) is 9.17. The van der Waals surface area contributed by atoms with Gasteiger partial charge in [0.25, 0.3) is 0 Å². The fourth-order valence-corrected chi connectivity index (χ4v) is 2.92. The molecule has 2 atom stereocenters. The maximum absolute atomic E-state index is 6.36. The Balaban J connectivity index is 1.93. The van der Waals surface area contributed by atoms with Crippen LogP contribution in [-0.2, 0) is 0 Å². The normalized spacial score (nSPS) is 20.2. The van der Waals surface area contributed by atoms with Gasteiger partial charge in [0.2, 0.25) is 0 Å². The smallest absolute Gasteiger partial charge is 0.0297 e. The molecule has 0 spiro atoms. The topological polar surface area (TPSA) is 38.0 Å². The molecule has 1 aliphatic heterocycles. The summed E-state index contributed by atoms with van der Waals surface area (Å²) in [5.41, 5.74) is 9.09. The van der Waals surface area contributed by atoms with Gasteiger partial charge in [0.15, 0.2) is 0 Å². The summed E-state index contributed by atoms with van der Waals surface area (Å²) in [6.45, 7) is 6.83. The van der Waals surface area contributed by atoms with Crippen LogP contribution in [0.1, 0.15) is 62.6 Å². The second-order valence-electron chi connectivity index (χ2n) is 6.01. The molecule has 2 unspecified atom stereocenters. The lowest BCUT2D eigenvalue weighted by Crippen LogP contribution is -2.29. The molecule has 0 aromatic heterocycles. The van der Waals surface area contributed by atoms with Crippen molar-refractivity contribution in [3.05, 3.63) is 35.4 Å². The first-order valence-electron chi connectivity index (χ1n) is 7.76. The Morgan fingerprint density at radius 3 is 2.32 bits per heavy atom. The third-order valence-electron chi connectivity index (χ3n) is 4.59. The number of nitrogens with one attached hydrogen (secondary N) is 1. The van der Waals surface area contributed by atoms with Gasteiger partial charge in [0.05, 0.1) is 0 Å². The van der Waals surface area contributed by atoms with Crippen molar-refractivity contribution in [3.8, 4) is 0 Å². The molecule has 2 rings (SSSR count). The van der Waals surface area contributed by atoms with Crippen molar-refractivity contribution >= 4 is 0 Å². The summed E-state index contributed by atoms with van der Waals surface area (Å²) in [4.78, 5) is 0. The zero-order valence-electron chi connectivity index (χ0n) is 12.4. The minimum atomic E-state index is 0.203. The highest BCUT2D eigenvalue weighted by Crippen LogP contribution is 2.26. The van der Waals surface area contributed by atoms with Gasteiger partial charge in [-0.2, -0.15) is 0 Å². The molecule has 0 bridgehead atoms. The monoisotopic (exact) mass is 260 g/mol. The van der Waals surface area contributed by atoms with E-state index in [1.807, 2.05) is 0 Å². The lowest BCUT2D eigenvalue weighted by atomic mass is 9.88. The highest BCUT2D eigenvalue weighted by molar-refractivity contribution is 5.27. The van der Waals surface area contributed by atoms with Crippen LogP contribution in [0, 0.1) is 5.92 Å². The van der Waals surface area contributed by atoms with Gasteiger partial charge >= 0.3 is 0 Å². The second kappa shape index (κ2) is 7.06. The van der Waals surface area contributed by atoms with E-state index in [0.29, 0.717) is 5.92 Å². The average molecular weight is 260 g/mol. The molecule has 3 N–H and O–H groups in total. The molecule has 0 aliphatic carbocycles. The van der Waals surface area contributed by atoms with Crippen molar-refractivity contribution in [1.29, 1.82) is 0 Å². The molecular weight excluding hydrogens is 232 g/mol. The molecule has 1 heterocycles. The van der Waals surface area contributed by atoms with E-state index < -0.39 is 0 Å². The fourth-order valence-electron chi connectivity index (χ4n) is 2.92. The Bertz CT molecular complexity index is 365. The van der Waals surface area contributed by atoms with Crippen LogP contribution in [0.5, 0.6) is 0 Å². The third-order valence-corrected chi connectivity index (χ3v) is 4.59. The first kappa shape index (κ1) is 14.5. The number of nitrogens with two attached hydrogens (primary N) is 1. The zero-order chi connectivity index (χ0) is 13.7. The van der Waals surface area contributed by atoms with E-state index in [-0.39, 0.29) is 6.04 Å². The summed E-state index contributed by atoms with van der Waals surface area (Å²) in [6.07, 6.45) is 4.88. The van der Waals surface area contributed by atoms with E-state index in [1.54, 1.807) is 0 Å². The van der Waals surface area contributed by atoms with Crippen LogP contribution in [0.4, 0.5) is 0 Å². The van der Waals surface area contributed by atoms with Crippen molar-refractivity contribution in [1.82, 2.24) is 5.32 Å². The molecular formula is C17H28N2. The van der Waals surface area contributed by atoms with Crippen molar-refractivity contribution in [2.75, 3.05) is 13.1 Å². The molecule has 1 aliphatic rings. The first-order chi connectivity index (χ1) is 9.20. The number of piperidine rings is 1. The molecule has 2 heteroatoms. The summed E-state index contributed by atoms with van der Waals surface area (Å²) in [7, 11) is 0. The number of hydrogen-bond donors (Lipinski definition) is 2. The van der Waals surface area contributed by atoms with Crippen LogP contribution in [0.2, 0.25) is 0 Å². The molecule has 0 amide bonds. The van der Waals surface area contributed by atoms with Crippen LogP contribution in [0.25, 0.3) is 0 Å². The van der Waals surface area contributed by atoms with E-state index in [0.717, 1.165) is 25.4 Å². The third kappa shape index (κ3) is 4.05. The highest BCUT2D eigenvalue weighted by atomic mass is 14.9. The van der Waals surface area contributed by atoms with Crippen molar-refractivity contribution < 1.29 is 0 Å². The summed E-state index contributed by atoms with van der Waals surface area (Å²) >= 11 is 0. The quantitative estimate of drug-likeness (QED) is 0.849. The maximum atomic E-state index is 6.36. The molecule has 106 valence electrons. The largest absolute Gasteiger partial charge is 0.324 e. The second-order valence-corrected chi connectivity index (χ2v) is 6.01. The standard InChI is InChI=1S/C17H28N2/c1-3-13(2)15-4-6-16(7-5-15)17(18)12-14-8-10-19-11-9-14/h4-7,13-14,17,19H,3,8-12,18H2,1-2H3. The van der Waals surface area contributed by atoms with E-state index in [4.69, 9.17) is 5.73 Å². The molecule has 1 fully saturated rings. The van der Waals surface area contributed by atoms with Gasteiger partial charge in [-0.3, -0.25) is 0 Å². The van der Waals surface area contributed by atoms with Crippen LogP contribution in [0.3, 0.4) is 0 Å². The number of rotatable bonds is 5. The predicted octanol–water partition coefficient (Wildman–Crippen LogP) is 3.59. The van der Waals surface area contributed by atoms with Crippen molar-refractivity contribution in [2.24, 2.45) is 11.7 Å². The van der Waals surface area contributed by atoms with Crippen LogP contribution < -0.4 is 11.1 Å². The van der Waals surface area contributed by atoms with Crippen LogP contribution >= 0.6 is 0 Å². The SMILES string of the molecule is CCC(C)c1ccc(C(N)CC2CCNCC2)cc1. The number of hydrogen-bond acceptors (Lipinski definition) is 2. The molecule has 1 aromatic rings. The molecule has 2 nitrogen and oxygen atoms in total. The summed E-state index contributed by atoms with van der Waals surface area (Å²) in [5.74, 6) is 1.44. The van der Waals surface area contributed by atoms with Crippen LogP contribution in [0.15, 0.2) is 24.3 Å². The molecule has 1 saturated heterocycles. The van der Waals surface area contributed by atoms with Gasteiger partial charge < -0.3 is 11.1 Å². The average Bonchev–Trinajstić information content (AvgIpc) is 2.47. The highest BCUT2D eigenvalue weighted by Gasteiger charge is 2.17. The molecule has 1 aromatic carbocycles. The molecule has 0 radical (unpaired) electrons. The van der Waals surface area contributed by atoms with Gasteiger partial charge in [0, 0.05) is 6.04 Å². The fraction of sp³-hybridized carbons (Fsp3) is 0.647. The number of benzene rings is 1. The van der Waals surface area contributed by atoms with Gasteiger partial charge in [-0.1, -0.05) is 38.1 Å². The van der Waals surface area contributed by atoms with Crippen molar-refractivity contribution in [2.45, 2.75) is 51.5 Å². The van der Waals surface area contributed by atoms with Gasteiger partial charge in [-0.15, -0.1) is 0 Å². The Morgan fingerprint density at radius 2 is 1.74 bits per heavy atom. The Morgan fingerprint density at radius 1 is 1.16 bits per heavy atom. The van der Waals surface area contributed by atoms with Crippen LogP contribution in [-0.4, -0.2) is 13.1 Å². The molecule has 19 heavy (non-hydrogen) atoms. The van der Waals surface area contributed by atoms with E-state index in [9.17, 15) is 0 Å². The van der Waals surface area contributed by atoms with Crippen molar-refractivity contribution in [3.63, 3.8) is 0 Å². The van der Waals surface area contributed by atoms with Gasteiger partial charge in [0.1, 0.15) is 0 Å². The predicted molar refractivity (Wildman–Crippen MR) is 82.3 cm³/mol. The lowest BCUT2D eigenvalue weighted by molar-refractivity contribution is 0.333. The minimum Gasteiger partial charge on any atom is -0.324 e. The maximum Gasteiger partial charge on any atom is 0.0297 e. The Hall–Kier alpha value is -0.860. The van der Waals surface area contributed by atoms with Gasteiger partial charge in [-0.25, -0.2) is 0 Å². The Labute approximate surface area is 117 Å². The van der Waals surface area contributed by atoms with E-state index in [1.165, 1.54) is 30.4 Å². The van der Waals surface area contributed by atoms with E-state index in [2.05, 4.69) is 43.4 Å². The minimum absolute atomic E-state index is 0.203. The first-order valence-corrected chi connectivity index (χ1v) is 7.76. The Kier molecular flexibility index (Phi) is 5.41.